The van der Waals surface area contributed by atoms with E-state index in [1.807, 2.05) is 25.1 Å². The lowest BCUT2D eigenvalue weighted by molar-refractivity contribution is 0.572. The molecule has 1 aromatic carbocycles. The number of hydrogen-bond donors (Lipinski definition) is 1. The summed E-state index contributed by atoms with van der Waals surface area (Å²) in [6.07, 6.45) is 1.57. The average molecular weight is 223 g/mol. The molecule has 0 bridgehead atoms. The molecule has 2 rings (SSSR count). The quantitative estimate of drug-likeness (QED) is 0.850. The van der Waals surface area contributed by atoms with E-state index in [1.165, 1.54) is 0 Å². The van der Waals surface area contributed by atoms with Crippen molar-refractivity contribution in [2.24, 2.45) is 5.73 Å². The number of benzene rings is 1. The highest BCUT2D eigenvalue weighted by Gasteiger charge is 2.10. The van der Waals surface area contributed by atoms with Crippen molar-refractivity contribution in [1.82, 2.24) is 4.98 Å². The van der Waals surface area contributed by atoms with Gasteiger partial charge in [-0.1, -0.05) is 17.7 Å². The second-order valence-corrected chi connectivity index (χ2v) is 3.67. The zero-order chi connectivity index (χ0) is 10.8. The van der Waals surface area contributed by atoms with E-state index in [1.54, 1.807) is 6.26 Å². The smallest absolute Gasteiger partial charge is 0.226 e. The van der Waals surface area contributed by atoms with Crippen LogP contribution in [0.25, 0.3) is 11.5 Å². The molecule has 1 heterocycles. The molecule has 0 aliphatic carbocycles. The van der Waals surface area contributed by atoms with E-state index >= 15 is 0 Å². The van der Waals surface area contributed by atoms with Crippen LogP contribution in [0, 0.1) is 6.92 Å². The first-order valence-corrected chi connectivity index (χ1v) is 5.00. The monoisotopic (exact) mass is 222 g/mol. The van der Waals surface area contributed by atoms with Gasteiger partial charge in [-0.25, -0.2) is 4.98 Å². The summed E-state index contributed by atoms with van der Waals surface area (Å²) in [5, 5.41) is 0.708. The number of nitrogens with two attached hydrogens (primary N) is 1. The zero-order valence-corrected chi connectivity index (χ0v) is 9.08. The van der Waals surface area contributed by atoms with Crippen molar-refractivity contribution < 1.29 is 4.42 Å². The number of hydrogen-bond acceptors (Lipinski definition) is 3. The Balaban J connectivity index is 2.49. The fourth-order valence-corrected chi connectivity index (χ4v) is 1.54. The molecule has 2 N–H and O–H groups in total. The van der Waals surface area contributed by atoms with Crippen LogP contribution in [0.2, 0.25) is 5.02 Å². The average Bonchev–Trinajstić information content (AvgIpc) is 2.70. The summed E-state index contributed by atoms with van der Waals surface area (Å²) in [5.74, 6) is 0.565. The second kappa shape index (κ2) is 4.04. The molecule has 0 saturated carbocycles. The van der Waals surface area contributed by atoms with E-state index in [2.05, 4.69) is 4.98 Å². The molecule has 15 heavy (non-hydrogen) atoms. The molecule has 1 aromatic heterocycles. The van der Waals surface area contributed by atoms with Gasteiger partial charge >= 0.3 is 0 Å². The van der Waals surface area contributed by atoms with E-state index in [4.69, 9.17) is 21.8 Å². The van der Waals surface area contributed by atoms with Gasteiger partial charge in [0.2, 0.25) is 5.89 Å². The third kappa shape index (κ3) is 1.89. The Morgan fingerprint density at radius 1 is 1.47 bits per heavy atom. The number of aromatic nitrogens is 1. The maximum absolute atomic E-state index is 6.01. The van der Waals surface area contributed by atoms with Crippen molar-refractivity contribution in [1.29, 1.82) is 0 Å². The number of oxazole rings is 1. The van der Waals surface area contributed by atoms with Crippen LogP contribution < -0.4 is 5.73 Å². The summed E-state index contributed by atoms with van der Waals surface area (Å²) in [6.45, 7) is 2.31. The van der Waals surface area contributed by atoms with E-state index in [-0.39, 0.29) is 0 Å². The molecule has 2 aromatic rings. The number of nitrogens with zero attached hydrogens (tertiary/aromatic N) is 1. The van der Waals surface area contributed by atoms with Crippen molar-refractivity contribution in [3.63, 3.8) is 0 Å². The molecule has 78 valence electrons. The van der Waals surface area contributed by atoms with Gasteiger partial charge in [0.15, 0.2) is 0 Å². The van der Waals surface area contributed by atoms with Crippen LogP contribution in [-0.2, 0) is 6.54 Å². The van der Waals surface area contributed by atoms with Crippen molar-refractivity contribution in [2.75, 3.05) is 0 Å². The normalized spacial score (nSPS) is 10.6. The molecule has 0 amide bonds. The van der Waals surface area contributed by atoms with E-state index < -0.39 is 0 Å². The Hall–Kier alpha value is -1.32. The lowest BCUT2D eigenvalue weighted by Gasteiger charge is -2.02. The van der Waals surface area contributed by atoms with Crippen molar-refractivity contribution in [3.8, 4) is 11.5 Å². The Morgan fingerprint density at radius 3 is 2.93 bits per heavy atom. The van der Waals surface area contributed by atoms with Gasteiger partial charge < -0.3 is 10.2 Å². The third-order valence-corrected chi connectivity index (χ3v) is 2.67. The molecule has 0 aliphatic rings. The molecule has 0 aliphatic heterocycles. The summed E-state index contributed by atoms with van der Waals surface area (Å²) >= 11 is 6.01. The summed E-state index contributed by atoms with van der Waals surface area (Å²) in [4.78, 5) is 4.25. The molecule has 3 nitrogen and oxygen atoms in total. The maximum Gasteiger partial charge on any atom is 0.226 e. The van der Waals surface area contributed by atoms with Crippen LogP contribution in [0.4, 0.5) is 0 Å². The molecular formula is C11H11ClN2O. The van der Waals surface area contributed by atoms with Crippen molar-refractivity contribution in [3.05, 3.63) is 40.7 Å². The van der Waals surface area contributed by atoms with Gasteiger partial charge in [0.05, 0.1) is 5.69 Å². The molecular weight excluding hydrogens is 212 g/mol. The molecule has 0 unspecified atom stereocenters. The highest BCUT2D eigenvalue weighted by atomic mass is 35.5. The van der Waals surface area contributed by atoms with Crippen LogP contribution in [0.5, 0.6) is 0 Å². The minimum Gasteiger partial charge on any atom is -0.444 e. The van der Waals surface area contributed by atoms with Gasteiger partial charge in [-0.15, -0.1) is 0 Å². The van der Waals surface area contributed by atoms with Gasteiger partial charge in [0, 0.05) is 17.1 Å². The Bertz CT molecular complexity index is 479. The molecule has 0 atom stereocenters. The van der Waals surface area contributed by atoms with Gasteiger partial charge in [0.25, 0.3) is 0 Å². The minimum absolute atomic E-state index is 0.378. The van der Waals surface area contributed by atoms with E-state index in [0.717, 1.165) is 16.8 Å². The van der Waals surface area contributed by atoms with Gasteiger partial charge in [-0.2, -0.15) is 0 Å². The number of halogens is 1. The van der Waals surface area contributed by atoms with Gasteiger partial charge in [-0.05, 0) is 24.6 Å². The van der Waals surface area contributed by atoms with Gasteiger partial charge in [0.1, 0.15) is 6.26 Å². The van der Waals surface area contributed by atoms with Crippen LogP contribution in [0.15, 0.2) is 28.9 Å². The zero-order valence-electron chi connectivity index (χ0n) is 8.33. The SMILES string of the molecule is Cc1c(Cl)cccc1-c1nc(CN)co1. The summed E-state index contributed by atoms with van der Waals surface area (Å²) in [6, 6.07) is 5.64. The fraction of sp³-hybridized carbons (Fsp3) is 0.182. The second-order valence-electron chi connectivity index (χ2n) is 3.26. The van der Waals surface area contributed by atoms with Crippen LogP contribution >= 0.6 is 11.6 Å². The van der Waals surface area contributed by atoms with Crippen molar-refractivity contribution in [2.45, 2.75) is 13.5 Å². The molecule has 4 heteroatoms. The highest BCUT2D eigenvalue weighted by molar-refractivity contribution is 6.31. The predicted octanol–water partition coefficient (Wildman–Crippen LogP) is 2.76. The van der Waals surface area contributed by atoms with Crippen LogP contribution in [0.3, 0.4) is 0 Å². The summed E-state index contributed by atoms with van der Waals surface area (Å²) in [5.41, 5.74) is 8.07. The molecule has 0 saturated heterocycles. The van der Waals surface area contributed by atoms with Crippen LogP contribution in [0.1, 0.15) is 11.3 Å². The van der Waals surface area contributed by atoms with E-state index in [0.29, 0.717) is 17.5 Å². The maximum atomic E-state index is 6.01. The largest absolute Gasteiger partial charge is 0.444 e. The van der Waals surface area contributed by atoms with Crippen molar-refractivity contribution >= 4 is 11.6 Å². The standard InChI is InChI=1S/C11H11ClN2O/c1-7-9(3-2-4-10(7)12)11-14-8(5-13)6-15-11/h2-4,6H,5,13H2,1H3. The fourth-order valence-electron chi connectivity index (χ4n) is 1.36. The van der Waals surface area contributed by atoms with Crippen LogP contribution in [-0.4, -0.2) is 4.98 Å². The summed E-state index contributed by atoms with van der Waals surface area (Å²) < 4.78 is 5.33. The van der Waals surface area contributed by atoms with E-state index in [9.17, 15) is 0 Å². The highest BCUT2D eigenvalue weighted by Crippen LogP contribution is 2.27. The van der Waals surface area contributed by atoms with Gasteiger partial charge in [-0.3, -0.25) is 0 Å². The molecule has 0 spiro atoms. The lowest BCUT2D eigenvalue weighted by atomic mass is 10.1. The molecule has 0 fully saturated rings. The lowest BCUT2D eigenvalue weighted by Crippen LogP contribution is -1.95. The number of rotatable bonds is 2. The Labute approximate surface area is 92.9 Å². The predicted molar refractivity (Wildman–Crippen MR) is 59.6 cm³/mol. The molecule has 0 radical (unpaired) electrons. The minimum atomic E-state index is 0.378. The first-order valence-electron chi connectivity index (χ1n) is 4.62. The Morgan fingerprint density at radius 2 is 2.27 bits per heavy atom. The first-order chi connectivity index (χ1) is 7.22. The first kappa shape index (κ1) is 10.2. The third-order valence-electron chi connectivity index (χ3n) is 2.26. The topological polar surface area (TPSA) is 52.0 Å². The summed E-state index contributed by atoms with van der Waals surface area (Å²) in [7, 11) is 0. The Kier molecular flexibility index (Phi) is 2.75.